The Morgan fingerprint density at radius 2 is 2.05 bits per heavy atom. The van der Waals surface area contributed by atoms with Gasteiger partial charge in [0, 0.05) is 6.42 Å². The lowest BCUT2D eigenvalue weighted by molar-refractivity contribution is -0.129. The topological polar surface area (TPSA) is 61.8 Å². The van der Waals surface area contributed by atoms with Crippen LogP contribution in [0.25, 0.3) is 0 Å². The summed E-state index contributed by atoms with van der Waals surface area (Å²) >= 11 is 6.08. The summed E-state index contributed by atoms with van der Waals surface area (Å²) in [4.78, 5) is 23.9. The second-order valence-electron chi connectivity index (χ2n) is 5.09. The summed E-state index contributed by atoms with van der Waals surface area (Å²) in [5.41, 5.74) is 0.266. The van der Waals surface area contributed by atoms with Crippen LogP contribution in [-0.4, -0.2) is 31.1 Å². The van der Waals surface area contributed by atoms with Crippen LogP contribution in [0.5, 0.6) is 11.5 Å². The molecule has 3 rings (SSSR count). The largest absolute Gasteiger partial charge is 0.486 e. The Hall–Kier alpha value is -1.75. The number of ether oxygens (including phenoxy) is 3. The third kappa shape index (κ3) is 2.97. The van der Waals surface area contributed by atoms with Gasteiger partial charge in [0.25, 0.3) is 0 Å². The molecule has 1 saturated carbocycles. The zero-order valence-corrected chi connectivity index (χ0v) is 12.1. The van der Waals surface area contributed by atoms with Crippen LogP contribution in [0.15, 0.2) is 12.1 Å². The molecule has 0 N–H and O–H groups in total. The third-order valence-electron chi connectivity index (χ3n) is 3.58. The number of ketones is 1. The smallest absolute Gasteiger partial charge is 0.339 e. The van der Waals surface area contributed by atoms with Crippen molar-refractivity contribution in [3.63, 3.8) is 0 Å². The van der Waals surface area contributed by atoms with Gasteiger partial charge >= 0.3 is 5.97 Å². The van der Waals surface area contributed by atoms with Crippen molar-refractivity contribution >= 4 is 23.4 Å². The fourth-order valence-electron chi connectivity index (χ4n) is 2.50. The first kappa shape index (κ1) is 14.2. The summed E-state index contributed by atoms with van der Waals surface area (Å²) in [6, 6.07) is 3.01. The minimum atomic E-state index is -0.641. The Morgan fingerprint density at radius 3 is 2.86 bits per heavy atom. The van der Waals surface area contributed by atoms with E-state index < -0.39 is 12.1 Å². The average molecular weight is 311 g/mol. The highest BCUT2D eigenvalue weighted by molar-refractivity contribution is 6.32. The number of carbonyl (C=O) groups is 2. The molecule has 6 heteroatoms. The Kier molecular flexibility index (Phi) is 4.01. The van der Waals surface area contributed by atoms with Crippen molar-refractivity contribution in [2.45, 2.75) is 31.8 Å². The molecule has 5 nitrogen and oxygen atoms in total. The summed E-state index contributed by atoms with van der Waals surface area (Å²) in [7, 11) is 0. The Bertz CT molecular complexity index is 584. The van der Waals surface area contributed by atoms with Gasteiger partial charge in [-0.05, 0) is 31.4 Å². The van der Waals surface area contributed by atoms with Crippen LogP contribution in [-0.2, 0) is 9.53 Å². The molecule has 2 aliphatic rings. The van der Waals surface area contributed by atoms with Gasteiger partial charge in [0.2, 0.25) is 0 Å². The first-order valence-electron chi connectivity index (χ1n) is 6.98. The molecule has 1 atom stereocenters. The first-order chi connectivity index (χ1) is 10.1. The van der Waals surface area contributed by atoms with E-state index in [4.69, 9.17) is 25.8 Å². The molecular weight excluding hydrogens is 296 g/mol. The van der Waals surface area contributed by atoms with Gasteiger partial charge in [-0.25, -0.2) is 4.79 Å². The predicted octanol–water partition coefficient (Wildman–Crippen LogP) is 2.78. The molecule has 0 spiro atoms. The van der Waals surface area contributed by atoms with E-state index in [1.807, 2.05) is 0 Å². The number of rotatable bonds is 2. The third-order valence-corrected chi connectivity index (χ3v) is 3.86. The molecule has 1 fully saturated rings. The van der Waals surface area contributed by atoms with Crippen molar-refractivity contribution in [1.82, 2.24) is 0 Å². The van der Waals surface area contributed by atoms with E-state index in [0.29, 0.717) is 42.6 Å². The van der Waals surface area contributed by atoms with Crippen molar-refractivity contribution < 1.29 is 23.8 Å². The maximum absolute atomic E-state index is 12.2. The zero-order valence-electron chi connectivity index (χ0n) is 11.4. The normalized spacial score (nSPS) is 21.0. The number of hydrogen-bond donors (Lipinski definition) is 0. The Balaban J connectivity index is 1.78. The van der Waals surface area contributed by atoms with Crippen molar-refractivity contribution in [2.24, 2.45) is 0 Å². The maximum Gasteiger partial charge on any atom is 0.339 e. The molecule has 0 radical (unpaired) electrons. The van der Waals surface area contributed by atoms with Gasteiger partial charge < -0.3 is 14.2 Å². The fraction of sp³-hybridized carbons (Fsp3) is 0.467. The van der Waals surface area contributed by atoms with E-state index >= 15 is 0 Å². The molecule has 1 aromatic carbocycles. The predicted molar refractivity (Wildman–Crippen MR) is 75.1 cm³/mol. The highest BCUT2D eigenvalue weighted by Gasteiger charge is 2.27. The number of carbonyl (C=O) groups excluding carboxylic acids is 2. The number of fused-ring (bicyclic) bond motifs is 1. The van der Waals surface area contributed by atoms with Crippen LogP contribution in [0.2, 0.25) is 5.02 Å². The van der Waals surface area contributed by atoms with E-state index in [1.54, 1.807) is 0 Å². The molecule has 1 aromatic rings. The molecule has 1 aliphatic carbocycles. The summed E-state index contributed by atoms with van der Waals surface area (Å²) in [5.74, 6) is 0.288. The second-order valence-corrected chi connectivity index (χ2v) is 5.50. The second kappa shape index (κ2) is 5.93. The van der Waals surface area contributed by atoms with Crippen molar-refractivity contribution in [2.75, 3.05) is 13.2 Å². The van der Waals surface area contributed by atoms with Crippen LogP contribution in [0, 0.1) is 0 Å². The van der Waals surface area contributed by atoms with Gasteiger partial charge in [0.15, 0.2) is 23.4 Å². The molecule has 0 saturated heterocycles. The van der Waals surface area contributed by atoms with Gasteiger partial charge in [-0.1, -0.05) is 11.6 Å². The van der Waals surface area contributed by atoms with Gasteiger partial charge in [-0.15, -0.1) is 0 Å². The molecule has 0 unspecified atom stereocenters. The van der Waals surface area contributed by atoms with Crippen molar-refractivity contribution in [3.8, 4) is 11.5 Å². The molecule has 112 valence electrons. The molecule has 0 bridgehead atoms. The number of benzene rings is 1. The van der Waals surface area contributed by atoms with E-state index in [9.17, 15) is 9.59 Å². The van der Waals surface area contributed by atoms with E-state index in [1.165, 1.54) is 12.1 Å². The van der Waals surface area contributed by atoms with Gasteiger partial charge in [0.05, 0.1) is 10.6 Å². The summed E-state index contributed by atoms with van der Waals surface area (Å²) in [5, 5.41) is 0.300. The fourth-order valence-corrected chi connectivity index (χ4v) is 2.77. The standard InChI is InChI=1S/C15H15ClO5/c16-10-7-9(8-13-14(10)20-6-5-19-13)15(18)21-12-4-2-1-3-11(12)17/h7-8,12H,1-6H2/t12-/m0/s1. The molecule has 0 amide bonds. The van der Waals surface area contributed by atoms with Crippen LogP contribution in [0.1, 0.15) is 36.0 Å². The van der Waals surface area contributed by atoms with Crippen LogP contribution in [0.3, 0.4) is 0 Å². The summed E-state index contributed by atoms with van der Waals surface area (Å²) in [6.07, 6.45) is 2.18. The molecule has 21 heavy (non-hydrogen) atoms. The van der Waals surface area contributed by atoms with E-state index in [0.717, 1.165) is 12.8 Å². The lowest BCUT2D eigenvalue weighted by atomic mass is 9.96. The van der Waals surface area contributed by atoms with Gasteiger partial charge in [0.1, 0.15) is 13.2 Å². The SMILES string of the molecule is O=C(O[C@H]1CCCCC1=O)c1cc(Cl)c2c(c1)OCCO2. The lowest BCUT2D eigenvalue weighted by Gasteiger charge is -2.22. The molecule has 1 heterocycles. The molecular formula is C15H15ClO5. The van der Waals surface area contributed by atoms with Crippen LogP contribution in [0.4, 0.5) is 0 Å². The Labute approximate surface area is 127 Å². The summed E-state index contributed by atoms with van der Waals surface area (Å²) < 4.78 is 16.1. The lowest BCUT2D eigenvalue weighted by Crippen LogP contribution is -2.30. The summed E-state index contributed by atoms with van der Waals surface area (Å²) in [6.45, 7) is 0.829. The molecule has 0 aromatic heterocycles. The minimum Gasteiger partial charge on any atom is -0.486 e. The van der Waals surface area contributed by atoms with E-state index in [-0.39, 0.29) is 11.3 Å². The maximum atomic E-state index is 12.2. The highest BCUT2D eigenvalue weighted by Crippen LogP contribution is 2.38. The first-order valence-corrected chi connectivity index (χ1v) is 7.36. The van der Waals surface area contributed by atoms with Gasteiger partial charge in [-0.2, -0.15) is 0 Å². The van der Waals surface area contributed by atoms with Crippen molar-refractivity contribution in [3.05, 3.63) is 22.7 Å². The number of esters is 1. The number of halogens is 1. The quantitative estimate of drug-likeness (QED) is 0.786. The van der Waals surface area contributed by atoms with Crippen LogP contribution >= 0.6 is 11.6 Å². The Morgan fingerprint density at radius 1 is 1.24 bits per heavy atom. The number of Topliss-reactive ketones (excluding diaryl/α,β-unsaturated/α-hetero) is 1. The number of hydrogen-bond acceptors (Lipinski definition) is 5. The molecule has 1 aliphatic heterocycles. The van der Waals surface area contributed by atoms with Gasteiger partial charge in [-0.3, -0.25) is 4.79 Å². The monoisotopic (exact) mass is 310 g/mol. The van der Waals surface area contributed by atoms with Crippen molar-refractivity contribution in [1.29, 1.82) is 0 Å². The zero-order chi connectivity index (χ0) is 14.8. The average Bonchev–Trinajstić information content (AvgIpc) is 2.49. The highest BCUT2D eigenvalue weighted by atomic mass is 35.5. The van der Waals surface area contributed by atoms with Crippen LogP contribution < -0.4 is 9.47 Å². The van der Waals surface area contributed by atoms with E-state index in [2.05, 4.69) is 0 Å². The minimum absolute atomic E-state index is 0.0155.